The lowest BCUT2D eigenvalue weighted by atomic mass is 10.1. The summed E-state index contributed by atoms with van der Waals surface area (Å²) in [4.78, 5) is 27.7. The molecule has 1 N–H and O–H groups in total. The number of carbonyl (C=O) groups excluding carboxylic acids is 2. The molecule has 2 saturated heterocycles. The number of nitrogens with one attached hydrogen (secondary N) is 1. The number of benzene rings is 1. The van der Waals surface area contributed by atoms with E-state index in [1.807, 2.05) is 32.0 Å². The molecule has 1 aromatic carbocycles. The Bertz CT molecular complexity index is 559. The lowest BCUT2D eigenvalue weighted by molar-refractivity contribution is -0.922. The highest BCUT2D eigenvalue weighted by Gasteiger charge is 2.46. The van der Waals surface area contributed by atoms with Gasteiger partial charge in [-0.15, -0.1) is 0 Å². The van der Waals surface area contributed by atoms with Crippen LogP contribution in [0.1, 0.15) is 17.5 Å². The van der Waals surface area contributed by atoms with Crippen molar-refractivity contribution >= 4 is 17.5 Å². The molecule has 2 amide bonds. The van der Waals surface area contributed by atoms with Crippen LogP contribution in [-0.2, 0) is 14.3 Å². The van der Waals surface area contributed by atoms with Gasteiger partial charge in [0.25, 0.3) is 5.91 Å². The number of imide groups is 1. The predicted octanol–water partition coefficient (Wildman–Crippen LogP) is -0.150. The Morgan fingerprint density at radius 2 is 1.76 bits per heavy atom. The second-order valence-corrected chi connectivity index (χ2v) is 5.84. The van der Waals surface area contributed by atoms with Crippen molar-refractivity contribution in [3.8, 4) is 0 Å². The van der Waals surface area contributed by atoms with Crippen LogP contribution in [0.3, 0.4) is 0 Å². The first kappa shape index (κ1) is 14.2. The van der Waals surface area contributed by atoms with Gasteiger partial charge in [-0.05, 0) is 25.0 Å². The molecule has 0 unspecified atom stereocenters. The Hall–Kier alpha value is -1.72. The van der Waals surface area contributed by atoms with Crippen LogP contribution in [0, 0.1) is 13.8 Å². The Balaban J connectivity index is 1.90. The number of rotatable bonds is 2. The average Bonchev–Trinajstić information content (AvgIpc) is 2.76. The number of para-hydroxylation sites is 1. The number of carbonyl (C=O) groups is 2. The van der Waals surface area contributed by atoms with E-state index in [4.69, 9.17) is 4.74 Å². The first-order valence-electron chi connectivity index (χ1n) is 7.45. The largest absolute Gasteiger partial charge is 0.370 e. The standard InChI is InChI=1S/C16H20N2O3/c1-11-4-3-5-12(2)15(11)18-14(19)10-13(16(18)20)17-6-8-21-9-7-17/h3-5,13H,6-10H2,1-2H3/p+1/t13-/m1/s1. The molecule has 112 valence electrons. The number of anilines is 1. The Kier molecular flexibility index (Phi) is 3.78. The molecule has 1 aromatic rings. The van der Waals surface area contributed by atoms with Crippen molar-refractivity contribution < 1.29 is 19.2 Å². The van der Waals surface area contributed by atoms with Crippen LogP contribution in [0.5, 0.6) is 0 Å². The molecule has 0 radical (unpaired) electrons. The van der Waals surface area contributed by atoms with Crippen molar-refractivity contribution in [1.82, 2.24) is 0 Å². The van der Waals surface area contributed by atoms with Crippen molar-refractivity contribution in [2.45, 2.75) is 26.3 Å². The maximum Gasteiger partial charge on any atom is 0.292 e. The fourth-order valence-electron chi connectivity index (χ4n) is 3.33. The zero-order valence-corrected chi connectivity index (χ0v) is 12.5. The van der Waals surface area contributed by atoms with Crippen LogP contribution in [0.2, 0.25) is 0 Å². The lowest BCUT2D eigenvalue weighted by Gasteiger charge is -2.28. The van der Waals surface area contributed by atoms with Crippen molar-refractivity contribution in [2.24, 2.45) is 0 Å². The molecule has 3 rings (SSSR count). The minimum Gasteiger partial charge on any atom is -0.370 e. The molecule has 5 heteroatoms. The fourth-order valence-corrected chi connectivity index (χ4v) is 3.33. The van der Waals surface area contributed by atoms with Crippen LogP contribution in [-0.4, -0.2) is 44.2 Å². The highest BCUT2D eigenvalue weighted by Crippen LogP contribution is 2.29. The zero-order chi connectivity index (χ0) is 15.0. The molecule has 0 saturated carbocycles. The highest BCUT2D eigenvalue weighted by molar-refractivity contribution is 6.22. The van der Waals surface area contributed by atoms with E-state index in [1.54, 1.807) is 0 Å². The summed E-state index contributed by atoms with van der Waals surface area (Å²) >= 11 is 0. The maximum atomic E-state index is 12.8. The van der Waals surface area contributed by atoms with Gasteiger partial charge in [0, 0.05) is 0 Å². The van der Waals surface area contributed by atoms with Crippen molar-refractivity contribution in [2.75, 3.05) is 31.2 Å². The van der Waals surface area contributed by atoms with E-state index in [9.17, 15) is 9.59 Å². The van der Waals surface area contributed by atoms with Gasteiger partial charge in [-0.25, -0.2) is 4.90 Å². The van der Waals surface area contributed by atoms with E-state index in [0.29, 0.717) is 19.6 Å². The molecule has 5 nitrogen and oxygen atoms in total. The van der Waals surface area contributed by atoms with Gasteiger partial charge in [-0.1, -0.05) is 18.2 Å². The van der Waals surface area contributed by atoms with Gasteiger partial charge in [0.1, 0.15) is 13.1 Å². The van der Waals surface area contributed by atoms with Crippen LogP contribution in [0.25, 0.3) is 0 Å². The van der Waals surface area contributed by atoms with Crippen LogP contribution in [0.4, 0.5) is 5.69 Å². The topological polar surface area (TPSA) is 51.1 Å². The summed E-state index contributed by atoms with van der Waals surface area (Å²) in [5.41, 5.74) is 2.70. The third-order valence-corrected chi connectivity index (χ3v) is 4.44. The third kappa shape index (κ3) is 2.47. The van der Waals surface area contributed by atoms with E-state index in [0.717, 1.165) is 29.9 Å². The zero-order valence-electron chi connectivity index (χ0n) is 12.5. The second-order valence-electron chi connectivity index (χ2n) is 5.84. The molecular weight excluding hydrogens is 268 g/mol. The van der Waals surface area contributed by atoms with E-state index < -0.39 is 0 Å². The van der Waals surface area contributed by atoms with Gasteiger partial charge in [0.2, 0.25) is 5.91 Å². The van der Waals surface area contributed by atoms with Gasteiger partial charge in [-0.3, -0.25) is 9.59 Å². The van der Waals surface area contributed by atoms with Crippen LogP contribution < -0.4 is 9.80 Å². The molecule has 0 aromatic heterocycles. The Morgan fingerprint density at radius 3 is 2.38 bits per heavy atom. The molecule has 2 aliphatic heterocycles. The van der Waals surface area contributed by atoms with Crippen LogP contribution >= 0.6 is 0 Å². The van der Waals surface area contributed by atoms with E-state index in [1.165, 1.54) is 9.80 Å². The summed E-state index contributed by atoms with van der Waals surface area (Å²) in [6.07, 6.45) is 0.307. The SMILES string of the molecule is Cc1cccc(C)c1N1C(=O)C[C@@H]([NH+]2CCOCC2)C1=O. The van der Waals surface area contributed by atoms with Gasteiger partial charge in [0.05, 0.1) is 25.3 Å². The number of morpholine rings is 1. The number of quaternary nitrogens is 1. The normalized spacial score (nSPS) is 23.9. The monoisotopic (exact) mass is 289 g/mol. The minimum absolute atomic E-state index is 0.0608. The van der Waals surface area contributed by atoms with Gasteiger partial charge >= 0.3 is 0 Å². The number of hydrogen-bond acceptors (Lipinski definition) is 3. The summed E-state index contributed by atoms with van der Waals surface area (Å²) in [5.74, 6) is -0.143. The van der Waals surface area contributed by atoms with E-state index >= 15 is 0 Å². The fraction of sp³-hybridized carbons (Fsp3) is 0.500. The van der Waals surface area contributed by atoms with E-state index in [-0.39, 0.29) is 17.9 Å². The highest BCUT2D eigenvalue weighted by atomic mass is 16.5. The third-order valence-electron chi connectivity index (χ3n) is 4.44. The van der Waals surface area contributed by atoms with Crippen molar-refractivity contribution in [1.29, 1.82) is 0 Å². The number of amides is 2. The summed E-state index contributed by atoms with van der Waals surface area (Å²) in [5, 5.41) is 0. The maximum absolute atomic E-state index is 12.8. The smallest absolute Gasteiger partial charge is 0.292 e. The Morgan fingerprint density at radius 1 is 1.14 bits per heavy atom. The molecule has 0 bridgehead atoms. The molecule has 0 spiro atoms. The quantitative estimate of drug-likeness (QED) is 0.771. The van der Waals surface area contributed by atoms with Gasteiger partial charge in [0.15, 0.2) is 6.04 Å². The lowest BCUT2D eigenvalue weighted by Crippen LogP contribution is -3.18. The molecular formula is C16H21N2O3+. The molecule has 2 fully saturated rings. The summed E-state index contributed by atoms with van der Waals surface area (Å²) in [6, 6.07) is 5.58. The summed E-state index contributed by atoms with van der Waals surface area (Å²) in [7, 11) is 0. The summed E-state index contributed by atoms with van der Waals surface area (Å²) in [6.45, 7) is 6.80. The number of nitrogens with zero attached hydrogens (tertiary/aromatic N) is 1. The molecule has 1 atom stereocenters. The molecule has 2 heterocycles. The first-order valence-corrected chi connectivity index (χ1v) is 7.45. The number of hydrogen-bond donors (Lipinski definition) is 1. The molecule has 21 heavy (non-hydrogen) atoms. The average molecular weight is 289 g/mol. The minimum atomic E-state index is -0.250. The van der Waals surface area contributed by atoms with Crippen molar-refractivity contribution in [3.05, 3.63) is 29.3 Å². The number of aryl methyl sites for hydroxylation is 2. The van der Waals surface area contributed by atoms with Gasteiger partial charge in [-0.2, -0.15) is 0 Å². The Labute approximate surface area is 124 Å². The van der Waals surface area contributed by atoms with Gasteiger partial charge < -0.3 is 9.64 Å². The second kappa shape index (κ2) is 5.58. The van der Waals surface area contributed by atoms with E-state index in [2.05, 4.69) is 0 Å². The van der Waals surface area contributed by atoms with Crippen LogP contribution in [0.15, 0.2) is 18.2 Å². The number of ether oxygens (including phenoxy) is 1. The first-order chi connectivity index (χ1) is 10.1. The summed E-state index contributed by atoms with van der Waals surface area (Å²) < 4.78 is 5.34. The molecule has 0 aliphatic carbocycles. The molecule has 2 aliphatic rings. The predicted molar refractivity (Wildman–Crippen MR) is 78.3 cm³/mol. The van der Waals surface area contributed by atoms with Crippen molar-refractivity contribution in [3.63, 3.8) is 0 Å².